The van der Waals surface area contributed by atoms with Gasteiger partial charge in [0.2, 0.25) is 10.0 Å². The molecule has 0 radical (unpaired) electrons. The van der Waals surface area contributed by atoms with Gasteiger partial charge in [-0.05, 0) is 30.7 Å². The van der Waals surface area contributed by atoms with E-state index in [2.05, 4.69) is 14.7 Å². The van der Waals surface area contributed by atoms with Gasteiger partial charge in [0.25, 0.3) is 0 Å². The van der Waals surface area contributed by atoms with E-state index in [1.165, 1.54) is 29.1 Å². The summed E-state index contributed by atoms with van der Waals surface area (Å²) in [6, 6.07) is 7.55. The first-order valence-corrected chi connectivity index (χ1v) is 12.0. The van der Waals surface area contributed by atoms with E-state index in [0.29, 0.717) is 23.4 Å². The van der Waals surface area contributed by atoms with Crippen LogP contribution in [0.2, 0.25) is 0 Å². The van der Waals surface area contributed by atoms with Crippen LogP contribution in [-0.2, 0) is 14.8 Å². The summed E-state index contributed by atoms with van der Waals surface area (Å²) in [6.45, 7) is 2.00. The summed E-state index contributed by atoms with van der Waals surface area (Å²) in [5.74, 6) is 0.552. The van der Waals surface area contributed by atoms with Gasteiger partial charge in [-0.25, -0.2) is 23.1 Å². The average molecular weight is 489 g/mol. The highest BCUT2D eigenvalue weighted by Gasteiger charge is 2.44. The molecule has 180 valence electrons. The first-order valence-electron chi connectivity index (χ1n) is 10.5. The minimum atomic E-state index is -4.04. The van der Waals surface area contributed by atoms with Crippen molar-refractivity contribution in [2.75, 3.05) is 18.9 Å². The number of aliphatic hydroxyl groups excluding tert-OH is 2. The van der Waals surface area contributed by atoms with E-state index >= 15 is 0 Å². The van der Waals surface area contributed by atoms with Crippen molar-refractivity contribution in [2.24, 2.45) is 0 Å². The molecule has 3 heterocycles. The fourth-order valence-corrected chi connectivity index (χ4v) is 4.77. The van der Waals surface area contributed by atoms with Crippen LogP contribution < -0.4 is 15.2 Å². The summed E-state index contributed by atoms with van der Waals surface area (Å²) in [5.41, 5.74) is 6.33. The molecule has 1 aromatic carbocycles. The van der Waals surface area contributed by atoms with Gasteiger partial charge in [-0.3, -0.25) is 0 Å². The maximum absolute atomic E-state index is 12.8. The van der Waals surface area contributed by atoms with Crippen molar-refractivity contribution in [2.45, 2.75) is 42.8 Å². The van der Waals surface area contributed by atoms with E-state index in [0.717, 1.165) is 6.42 Å². The molecule has 4 atom stereocenters. The molecule has 4 rings (SSSR count). The zero-order valence-corrected chi connectivity index (χ0v) is 19.0. The highest BCUT2D eigenvalue weighted by Crippen LogP contribution is 2.33. The molecule has 13 heteroatoms. The molecule has 0 aliphatic carbocycles. The fraction of sp³-hybridized carbons (Fsp3) is 0.381. The number of aliphatic hydroxyl groups is 2. The smallest absolute Gasteiger partial charge is 0.240 e. The first kappa shape index (κ1) is 23.9. The van der Waals surface area contributed by atoms with Crippen LogP contribution in [0.3, 0.4) is 0 Å². The number of benzene rings is 1. The van der Waals surface area contributed by atoms with Gasteiger partial charge in [0, 0.05) is 12.7 Å². The van der Waals surface area contributed by atoms with Crippen molar-refractivity contribution in [3.05, 3.63) is 42.4 Å². The van der Waals surface area contributed by atoms with E-state index in [9.17, 15) is 23.9 Å². The third kappa shape index (κ3) is 4.41. The number of anilines is 1. The second-order valence-electron chi connectivity index (χ2n) is 7.74. The van der Waals surface area contributed by atoms with Crippen LogP contribution >= 0.6 is 0 Å². The molecule has 1 aliphatic rings. The van der Waals surface area contributed by atoms with Crippen LogP contribution in [0.25, 0.3) is 11.0 Å². The van der Waals surface area contributed by atoms with Crippen molar-refractivity contribution in [1.82, 2.24) is 19.3 Å². The predicted octanol–water partition coefficient (Wildman–Crippen LogP) is 0.272. The van der Waals surface area contributed by atoms with Gasteiger partial charge in [0.05, 0.1) is 22.5 Å². The van der Waals surface area contributed by atoms with Gasteiger partial charge in [0.1, 0.15) is 47.9 Å². The molecule has 0 saturated carbocycles. The maximum atomic E-state index is 12.8. The number of nitrogens with one attached hydrogen (secondary N) is 1. The first-order chi connectivity index (χ1) is 16.3. The Morgan fingerprint density at radius 3 is 2.82 bits per heavy atom. The Bertz CT molecular complexity index is 1340. The Morgan fingerprint density at radius 1 is 1.29 bits per heavy atom. The van der Waals surface area contributed by atoms with Crippen molar-refractivity contribution >= 4 is 26.9 Å². The molecular weight excluding hydrogens is 464 g/mol. The number of nitrogens with zero attached hydrogens (tertiary/aromatic N) is 4. The Hall–Kier alpha value is -3.28. The molecule has 0 bridgehead atoms. The van der Waals surface area contributed by atoms with E-state index < -0.39 is 34.6 Å². The summed E-state index contributed by atoms with van der Waals surface area (Å²) < 4.78 is 40.7. The van der Waals surface area contributed by atoms with Crippen LogP contribution in [0.15, 0.2) is 41.7 Å². The maximum Gasteiger partial charge on any atom is 0.240 e. The second kappa shape index (κ2) is 9.53. The number of sulfonamides is 1. The number of rotatable bonds is 8. The summed E-state index contributed by atoms with van der Waals surface area (Å²) in [5, 5.41) is 30.9. The normalized spacial score (nSPS) is 22.6. The van der Waals surface area contributed by atoms with E-state index in [1.807, 2.05) is 13.0 Å². The van der Waals surface area contributed by atoms with Gasteiger partial charge in [-0.2, -0.15) is 5.26 Å². The molecule has 1 aliphatic heterocycles. The summed E-state index contributed by atoms with van der Waals surface area (Å²) in [4.78, 5) is 7.92. The third-order valence-corrected chi connectivity index (χ3v) is 6.89. The van der Waals surface area contributed by atoms with Crippen LogP contribution in [0, 0.1) is 11.3 Å². The zero-order chi connectivity index (χ0) is 24.5. The molecule has 0 spiro atoms. The van der Waals surface area contributed by atoms with Gasteiger partial charge in [0.15, 0.2) is 6.23 Å². The Balaban J connectivity index is 1.49. The molecule has 12 nitrogen and oxygen atoms in total. The van der Waals surface area contributed by atoms with E-state index in [4.69, 9.17) is 15.2 Å². The van der Waals surface area contributed by atoms with Crippen LogP contribution in [0.4, 0.5) is 5.82 Å². The molecule has 5 N–H and O–H groups in total. The van der Waals surface area contributed by atoms with Gasteiger partial charge in [-0.1, -0.05) is 6.92 Å². The largest absolute Gasteiger partial charge is 0.492 e. The Morgan fingerprint density at radius 2 is 2.09 bits per heavy atom. The van der Waals surface area contributed by atoms with Crippen molar-refractivity contribution < 1.29 is 28.1 Å². The van der Waals surface area contributed by atoms with Gasteiger partial charge in [-0.15, -0.1) is 0 Å². The number of aromatic nitrogens is 3. The average Bonchev–Trinajstić information content (AvgIpc) is 3.38. The van der Waals surface area contributed by atoms with Crippen LogP contribution in [0.1, 0.15) is 25.1 Å². The fourth-order valence-electron chi connectivity index (χ4n) is 3.70. The van der Waals surface area contributed by atoms with Crippen molar-refractivity contribution in [3.63, 3.8) is 0 Å². The topological polar surface area (TPSA) is 186 Å². The van der Waals surface area contributed by atoms with Crippen LogP contribution in [-0.4, -0.2) is 64.6 Å². The Kier molecular flexibility index (Phi) is 6.69. The number of nitrogen functional groups attached to an aromatic ring is 1. The second-order valence-corrected chi connectivity index (χ2v) is 9.50. The van der Waals surface area contributed by atoms with Crippen LogP contribution in [0.5, 0.6) is 5.75 Å². The van der Waals surface area contributed by atoms with E-state index in [1.54, 1.807) is 12.3 Å². The molecular formula is C21H24N6O6S. The number of nitriles is 1. The number of hydrogen-bond acceptors (Lipinski definition) is 10. The van der Waals surface area contributed by atoms with Crippen molar-refractivity contribution in [1.29, 1.82) is 5.26 Å². The quantitative estimate of drug-likeness (QED) is 0.343. The number of nitrogens with two attached hydrogens (primary N) is 1. The molecule has 1 saturated heterocycles. The minimum absolute atomic E-state index is 0.0877. The minimum Gasteiger partial charge on any atom is -0.492 e. The molecule has 1 fully saturated rings. The predicted molar refractivity (Wildman–Crippen MR) is 120 cm³/mol. The lowest BCUT2D eigenvalue weighted by molar-refractivity contribution is -0.0326. The zero-order valence-electron chi connectivity index (χ0n) is 18.2. The lowest BCUT2D eigenvalue weighted by Gasteiger charge is -2.17. The summed E-state index contributed by atoms with van der Waals surface area (Å²) in [7, 11) is -4.04. The van der Waals surface area contributed by atoms with Gasteiger partial charge < -0.3 is 30.0 Å². The standard InChI is InChI=1S/C21H24N6O6S/c1-2-7-32-15-4-3-13(8-12(15)9-22)34(30,31)26-10-16-17(28)18(29)21(33-16)27-6-5-14-19(23)24-11-25-20(14)27/h3-6,8,11,16-18,21,26,28-29H,2,7,10H2,1H3,(H2,23,24,25)/t16-,17-,18-,21-/m1/s1. The summed E-state index contributed by atoms with van der Waals surface area (Å²) >= 11 is 0. The molecule has 3 aromatic rings. The van der Waals surface area contributed by atoms with E-state index in [-0.39, 0.29) is 22.8 Å². The van der Waals surface area contributed by atoms with Gasteiger partial charge >= 0.3 is 0 Å². The van der Waals surface area contributed by atoms with Crippen molar-refractivity contribution in [3.8, 4) is 11.8 Å². The SMILES string of the molecule is CCCOc1ccc(S(=O)(=O)NC[C@H]2O[C@@H](n3ccc4c(N)ncnc43)[C@H](O)[C@@H]2O)cc1C#N. The lowest BCUT2D eigenvalue weighted by Crippen LogP contribution is -2.39. The number of fused-ring (bicyclic) bond motifs is 1. The molecule has 34 heavy (non-hydrogen) atoms. The summed E-state index contributed by atoms with van der Waals surface area (Å²) in [6.07, 6.45) is -1.18. The molecule has 0 amide bonds. The highest BCUT2D eigenvalue weighted by molar-refractivity contribution is 7.89. The number of hydrogen-bond donors (Lipinski definition) is 4. The number of ether oxygens (including phenoxy) is 2. The third-order valence-electron chi connectivity index (χ3n) is 5.47. The Labute approximate surface area is 195 Å². The highest BCUT2D eigenvalue weighted by atomic mass is 32.2. The molecule has 2 aromatic heterocycles. The lowest BCUT2D eigenvalue weighted by atomic mass is 10.1. The molecule has 0 unspecified atom stereocenters. The monoisotopic (exact) mass is 488 g/mol.